The van der Waals surface area contributed by atoms with Gasteiger partial charge in [0, 0.05) is 44.0 Å². The third-order valence-electron chi connectivity index (χ3n) is 4.94. The molecule has 3 fully saturated rings. The Morgan fingerprint density at radius 2 is 2.09 bits per heavy atom. The summed E-state index contributed by atoms with van der Waals surface area (Å²) in [7, 11) is 1.68. The van der Waals surface area contributed by atoms with Crippen LogP contribution in [0.4, 0.5) is 5.82 Å². The largest absolute Gasteiger partial charge is 0.383 e. The molecule has 3 aliphatic rings. The summed E-state index contributed by atoms with van der Waals surface area (Å²) >= 11 is 0. The number of rotatable bonds is 4. The maximum atomic E-state index is 12.7. The van der Waals surface area contributed by atoms with Gasteiger partial charge in [-0.3, -0.25) is 4.79 Å². The van der Waals surface area contributed by atoms with Gasteiger partial charge in [0.05, 0.1) is 12.5 Å². The van der Waals surface area contributed by atoms with Crippen molar-refractivity contribution in [3.05, 3.63) is 17.6 Å². The molecule has 0 unspecified atom stereocenters. The highest BCUT2D eigenvalue weighted by molar-refractivity contribution is 5.81. The van der Waals surface area contributed by atoms with Crippen molar-refractivity contribution in [1.82, 2.24) is 14.9 Å². The molecule has 22 heavy (non-hydrogen) atoms. The first-order valence-corrected chi connectivity index (χ1v) is 7.94. The highest BCUT2D eigenvalue weighted by atomic mass is 16.5. The van der Waals surface area contributed by atoms with E-state index in [4.69, 9.17) is 4.74 Å². The Balaban J connectivity index is 1.86. The summed E-state index contributed by atoms with van der Waals surface area (Å²) in [4.78, 5) is 25.7. The number of anilines is 1. The van der Waals surface area contributed by atoms with E-state index in [-0.39, 0.29) is 17.9 Å². The third kappa shape index (κ3) is 2.67. The molecule has 3 saturated heterocycles. The Hall–Kier alpha value is -1.69. The standard InChI is InChI=1S/C16H24N4O2/c1-11-12(2)17-10-18-15(11)19-8-13-4-5-14(9-19)20(16(13)21)6-7-22-3/h10,13-14H,4-9H2,1-3H3/t13-,14+/m0/s1. The molecule has 120 valence electrons. The number of ether oxygens (including phenoxy) is 1. The number of fused-ring (bicyclic) bond motifs is 4. The van der Waals surface area contributed by atoms with Crippen molar-refractivity contribution in [3.63, 3.8) is 0 Å². The fourth-order valence-corrected chi connectivity index (χ4v) is 3.54. The minimum atomic E-state index is 0.0743. The number of carbonyl (C=O) groups excluding carboxylic acids is 1. The van der Waals surface area contributed by atoms with Gasteiger partial charge in [-0.15, -0.1) is 0 Å². The molecular weight excluding hydrogens is 280 g/mol. The number of hydrogen-bond donors (Lipinski definition) is 0. The number of aryl methyl sites for hydroxylation is 1. The average Bonchev–Trinajstić information content (AvgIpc) is 2.79. The maximum absolute atomic E-state index is 12.7. The second-order valence-electron chi connectivity index (χ2n) is 6.27. The summed E-state index contributed by atoms with van der Waals surface area (Å²) < 4.78 is 5.16. The highest BCUT2D eigenvalue weighted by Crippen LogP contribution is 2.32. The summed E-state index contributed by atoms with van der Waals surface area (Å²) in [5.41, 5.74) is 2.11. The summed E-state index contributed by atoms with van der Waals surface area (Å²) in [6.45, 7) is 6.96. The maximum Gasteiger partial charge on any atom is 0.227 e. The van der Waals surface area contributed by atoms with Crippen molar-refractivity contribution in [2.24, 2.45) is 5.92 Å². The molecule has 3 aliphatic heterocycles. The molecule has 4 heterocycles. The number of methoxy groups -OCH3 is 1. The Bertz CT molecular complexity index is 563. The number of hydrogen-bond acceptors (Lipinski definition) is 5. The number of amides is 1. The predicted molar refractivity (Wildman–Crippen MR) is 83.8 cm³/mol. The van der Waals surface area contributed by atoms with E-state index in [1.807, 2.05) is 11.8 Å². The van der Waals surface area contributed by atoms with Gasteiger partial charge >= 0.3 is 0 Å². The minimum Gasteiger partial charge on any atom is -0.383 e. The van der Waals surface area contributed by atoms with E-state index < -0.39 is 0 Å². The van der Waals surface area contributed by atoms with Crippen LogP contribution < -0.4 is 4.90 Å². The van der Waals surface area contributed by atoms with Gasteiger partial charge in [0.2, 0.25) is 5.91 Å². The number of nitrogens with zero attached hydrogens (tertiary/aromatic N) is 4. The lowest BCUT2D eigenvalue weighted by atomic mass is 9.94. The van der Waals surface area contributed by atoms with E-state index in [1.54, 1.807) is 13.4 Å². The zero-order valence-corrected chi connectivity index (χ0v) is 13.6. The van der Waals surface area contributed by atoms with Crippen LogP contribution in [0.1, 0.15) is 24.1 Å². The van der Waals surface area contributed by atoms with Crippen LogP contribution in [0.2, 0.25) is 0 Å². The lowest BCUT2D eigenvalue weighted by Gasteiger charge is -2.35. The molecule has 0 radical (unpaired) electrons. The molecule has 1 aromatic heterocycles. The number of piperidine rings is 1. The van der Waals surface area contributed by atoms with Gasteiger partial charge in [-0.25, -0.2) is 9.97 Å². The quantitative estimate of drug-likeness (QED) is 0.835. The van der Waals surface area contributed by atoms with Crippen molar-refractivity contribution in [1.29, 1.82) is 0 Å². The van der Waals surface area contributed by atoms with Crippen LogP contribution in [0.25, 0.3) is 0 Å². The fourth-order valence-electron chi connectivity index (χ4n) is 3.54. The fraction of sp³-hybridized carbons (Fsp3) is 0.688. The zero-order valence-electron chi connectivity index (χ0n) is 13.6. The summed E-state index contributed by atoms with van der Waals surface area (Å²) in [6, 6.07) is 0.260. The first kappa shape index (κ1) is 15.2. The molecule has 1 amide bonds. The van der Waals surface area contributed by atoms with Crippen molar-refractivity contribution in [3.8, 4) is 0 Å². The van der Waals surface area contributed by atoms with E-state index in [1.165, 1.54) is 0 Å². The van der Waals surface area contributed by atoms with Crippen LogP contribution >= 0.6 is 0 Å². The molecule has 2 bridgehead atoms. The molecule has 6 nitrogen and oxygen atoms in total. The lowest BCUT2D eigenvalue weighted by Crippen LogP contribution is -2.49. The van der Waals surface area contributed by atoms with Gasteiger partial charge in [0.1, 0.15) is 12.1 Å². The molecule has 2 atom stereocenters. The van der Waals surface area contributed by atoms with Crippen LogP contribution in [0.5, 0.6) is 0 Å². The second-order valence-corrected chi connectivity index (χ2v) is 6.27. The van der Waals surface area contributed by atoms with Crippen molar-refractivity contribution in [2.45, 2.75) is 32.7 Å². The van der Waals surface area contributed by atoms with E-state index >= 15 is 0 Å². The van der Waals surface area contributed by atoms with Gasteiger partial charge in [-0.2, -0.15) is 0 Å². The smallest absolute Gasteiger partial charge is 0.227 e. The van der Waals surface area contributed by atoms with Gasteiger partial charge in [0.15, 0.2) is 0 Å². The number of carbonyl (C=O) groups is 1. The predicted octanol–water partition coefficient (Wildman–Crippen LogP) is 1.17. The zero-order chi connectivity index (χ0) is 15.7. The van der Waals surface area contributed by atoms with Crippen molar-refractivity contribution < 1.29 is 9.53 Å². The van der Waals surface area contributed by atoms with E-state index in [0.29, 0.717) is 13.2 Å². The molecule has 0 aliphatic carbocycles. The SMILES string of the molecule is COCCN1C(=O)[C@H]2CC[C@@H]1CN(c1ncnc(C)c1C)C2. The van der Waals surface area contributed by atoms with Crippen molar-refractivity contribution in [2.75, 3.05) is 38.3 Å². The first-order chi connectivity index (χ1) is 10.6. The third-order valence-corrected chi connectivity index (χ3v) is 4.94. The molecular formula is C16H24N4O2. The second kappa shape index (κ2) is 6.20. The van der Waals surface area contributed by atoms with Gasteiger partial charge in [0.25, 0.3) is 0 Å². The van der Waals surface area contributed by atoms with E-state index in [0.717, 1.165) is 43.0 Å². The minimum absolute atomic E-state index is 0.0743. The molecule has 0 N–H and O–H groups in total. The summed E-state index contributed by atoms with van der Waals surface area (Å²) in [5, 5.41) is 0. The molecule has 0 saturated carbocycles. The summed E-state index contributed by atoms with van der Waals surface area (Å²) in [5.74, 6) is 1.33. The Morgan fingerprint density at radius 3 is 2.86 bits per heavy atom. The lowest BCUT2D eigenvalue weighted by molar-refractivity contribution is -0.140. The Labute approximate surface area is 131 Å². The van der Waals surface area contributed by atoms with E-state index in [2.05, 4.69) is 21.8 Å². The monoisotopic (exact) mass is 304 g/mol. The Morgan fingerprint density at radius 1 is 1.27 bits per heavy atom. The van der Waals surface area contributed by atoms with Crippen LogP contribution in [0.15, 0.2) is 6.33 Å². The molecule has 6 heteroatoms. The van der Waals surface area contributed by atoms with Gasteiger partial charge < -0.3 is 14.5 Å². The van der Waals surface area contributed by atoms with Crippen LogP contribution in [-0.2, 0) is 9.53 Å². The Kier molecular flexibility index (Phi) is 4.29. The normalized spacial score (nSPS) is 24.8. The average molecular weight is 304 g/mol. The van der Waals surface area contributed by atoms with Crippen LogP contribution in [0.3, 0.4) is 0 Å². The number of aromatic nitrogens is 2. The van der Waals surface area contributed by atoms with E-state index in [9.17, 15) is 4.79 Å². The molecule has 0 aromatic carbocycles. The first-order valence-electron chi connectivity index (χ1n) is 7.94. The topological polar surface area (TPSA) is 58.6 Å². The molecule has 4 rings (SSSR count). The van der Waals surface area contributed by atoms with Gasteiger partial charge in [-0.1, -0.05) is 0 Å². The van der Waals surface area contributed by atoms with Crippen LogP contribution in [-0.4, -0.2) is 60.2 Å². The molecule has 1 aromatic rings. The summed E-state index contributed by atoms with van der Waals surface area (Å²) in [6.07, 6.45) is 3.67. The molecule has 0 spiro atoms. The van der Waals surface area contributed by atoms with Gasteiger partial charge in [-0.05, 0) is 26.7 Å². The van der Waals surface area contributed by atoms with Crippen molar-refractivity contribution >= 4 is 11.7 Å². The highest BCUT2D eigenvalue weighted by Gasteiger charge is 2.41. The van der Waals surface area contributed by atoms with Crippen LogP contribution in [0, 0.1) is 19.8 Å².